The Bertz CT molecular complexity index is 382. The number of rotatable bonds is 4. The Morgan fingerprint density at radius 2 is 1.88 bits per heavy atom. The van der Waals surface area contributed by atoms with Crippen LogP contribution in [0.3, 0.4) is 0 Å². The summed E-state index contributed by atoms with van der Waals surface area (Å²) in [6, 6.07) is 1.71. The van der Waals surface area contributed by atoms with Crippen molar-refractivity contribution < 1.29 is 18.3 Å². The summed E-state index contributed by atoms with van der Waals surface area (Å²) >= 11 is 5.11. The Morgan fingerprint density at radius 1 is 1.38 bits per heavy atom. The van der Waals surface area contributed by atoms with Crippen LogP contribution in [0.5, 0.6) is 5.75 Å². The lowest BCUT2D eigenvalue weighted by Crippen LogP contribution is -2.08. The maximum atomic E-state index is 13.3. The quantitative estimate of drug-likeness (QED) is 0.764. The van der Waals surface area contributed by atoms with E-state index in [1.54, 1.807) is 0 Å². The molecule has 1 rings (SSSR count). The van der Waals surface area contributed by atoms with E-state index in [9.17, 15) is 13.6 Å². The van der Waals surface area contributed by atoms with Crippen molar-refractivity contribution in [1.29, 1.82) is 0 Å². The molecule has 1 aromatic rings. The summed E-state index contributed by atoms with van der Waals surface area (Å²) in [5, 5.41) is -0.909. The number of halogens is 3. The van der Waals surface area contributed by atoms with Crippen molar-refractivity contribution in [2.75, 3.05) is 6.61 Å². The van der Waals surface area contributed by atoms with Crippen molar-refractivity contribution in [2.45, 2.75) is 13.8 Å². The standard InChI is InChI=1S/C11H11ClF2O2/c1-6(2)5-16-10-8(13)3-7(11(12)15)4-9(10)14/h3-4,6H,5H2,1-2H3. The zero-order valence-electron chi connectivity index (χ0n) is 8.89. The van der Waals surface area contributed by atoms with Gasteiger partial charge in [0.2, 0.25) is 0 Å². The first kappa shape index (κ1) is 12.9. The third-order valence-electron chi connectivity index (χ3n) is 1.79. The van der Waals surface area contributed by atoms with Gasteiger partial charge in [-0.1, -0.05) is 13.8 Å². The largest absolute Gasteiger partial charge is 0.487 e. The Labute approximate surface area is 97.2 Å². The van der Waals surface area contributed by atoms with Crippen LogP contribution in [-0.4, -0.2) is 11.8 Å². The number of ether oxygens (including phenoxy) is 1. The average molecular weight is 249 g/mol. The van der Waals surface area contributed by atoms with Gasteiger partial charge in [0, 0.05) is 5.56 Å². The highest BCUT2D eigenvalue weighted by Gasteiger charge is 2.15. The normalized spacial score (nSPS) is 10.6. The molecule has 0 bridgehead atoms. The van der Waals surface area contributed by atoms with Crippen LogP contribution < -0.4 is 4.74 Å². The van der Waals surface area contributed by atoms with Crippen molar-refractivity contribution in [3.8, 4) is 5.75 Å². The molecule has 0 saturated heterocycles. The predicted octanol–water partition coefficient (Wildman–Crippen LogP) is 3.38. The molecule has 0 atom stereocenters. The second kappa shape index (κ2) is 5.25. The molecule has 0 amide bonds. The molecule has 1 aromatic carbocycles. The Kier molecular flexibility index (Phi) is 4.24. The van der Waals surface area contributed by atoms with Crippen LogP contribution >= 0.6 is 11.6 Å². The predicted molar refractivity (Wildman–Crippen MR) is 56.9 cm³/mol. The van der Waals surface area contributed by atoms with Crippen LogP contribution in [0.2, 0.25) is 0 Å². The van der Waals surface area contributed by atoms with Crippen molar-refractivity contribution in [3.05, 3.63) is 29.3 Å². The number of hydrogen-bond donors (Lipinski definition) is 0. The minimum atomic E-state index is -0.926. The SMILES string of the molecule is CC(C)COc1c(F)cc(C(=O)Cl)cc1F. The second-order valence-electron chi connectivity index (χ2n) is 3.75. The zero-order valence-corrected chi connectivity index (χ0v) is 9.65. The lowest BCUT2D eigenvalue weighted by atomic mass is 10.2. The fourth-order valence-corrected chi connectivity index (χ4v) is 1.17. The third kappa shape index (κ3) is 3.17. The van der Waals surface area contributed by atoms with E-state index in [0.29, 0.717) is 0 Å². The average Bonchev–Trinajstić information content (AvgIpc) is 2.15. The first-order valence-electron chi connectivity index (χ1n) is 4.73. The molecular weight excluding hydrogens is 238 g/mol. The van der Waals surface area contributed by atoms with E-state index in [0.717, 1.165) is 12.1 Å². The fourth-order valence-electron chi connectivity index (χ4n) is 1.06. The molecule has 0 fully saturated rings. The summed E-state index contributed by atoms with van der Waals surface area (Å²) < 4.78 is 31.7. The van der Waals surface area contributed by atoms with Gasteiger partial charge in [0.05, 0.1) is 6.61 Å². The summed E-state index contributed by atoms with van der Waals surface area (Å²) in [6.07, 6.45) is 0. The zero-order chi connectivity index (χ0) is 12.3. The molecule has 0 saturated carbocycles. The smallest absolute Gasteiger partial charge is 0.252 e. The molecule has 0 spiro atoms. The highest BCUT2D eigenvalue weighted by atomic mass is 35.5. The van der Waals surface area contributed by atoms with Crippen molar-refractivity contribution >= 4 is 16.8 Å². The molecule has 0 N–H and O–H groups in total. The van der Waals surface area contributed by atoms with Crippen LogP contribution in [0.15, 0.2) is 12.1 Å². The van der Waals surface area contributed by atoms with E-state index in [2.05, 4.69) is 0 Å². The van der Waals surface area contributed by atoms with Gasteiger partial charge < -0.3 is 4.74 Å². The van der Waals surface area contributed by atoms with Crippen LogP contribution in [0.25, 0.3) is 0 Å². The van der Waals surface area contributed by atoms with Crippen LogP contribution in [0.1, 0.15) is 24.2 Å². The second-order valence-corrected chi connectivity index (χ2v) is 4.09. The van der Waals surface area contributed by atoms with Gasteiger partial charge in [-0.25, -0.2) is 8.78 Å². The number of hydrogen-bond acceptors (Lipinski definition) is 2. The van der Waals surface area contributed by atoms with E-state index >= 15 is 0 Å². The minimum absolute atomic E-state index is 0.146. The molecule has 0 aliphatic carbocycles. The van der Waals surface area contributed by atoms with Crippen molar-refractivity contribution in [3.63, 3.8) is 0 Å². The lowest BCUT2D eigenvalue weighted by Gasteiger charge is -2.10. The molecule has 2 nitrogen and oxygen atoms in total. The maximum Gasteiger partial charge on any atom is 0.252 e. The van der Waals surface area contributed by atoms with E-state index < -0.39 is 22.6 Å². The van der Waals surface area contributed by atoms with Crippen LogP contribution in [0.4, 0.5) is 8.78 Å². The van der Waals surface area contributed by atoms with E-state index in [1.165, 1.54) is 0 Å². The lowest BCUT2D eigenvalue weighted by molar-refractivity contribution is 0.108. The van der Waals surface area contributed by atoms with Crippen LogP contribution in [0, 0.1) is 17.6 Å². The molecule has 0 heterocycles. The molecule has 5 heteroatoms. The summed E-state index contributed by atoms with van der Waals surface area (Å²) in [7, 11) is 0. The molecular formula is C11H11ClF2O2. The maximum absolute atomic E-state index is 13.3. The van der Waals surface area contributed by atoms with Gasteiger partial charge in [-0.2, -0.15) is 0 Å². The van der Waals surface area contributed by atoms with Gasteiger partial charge in [0.1, 0.15) is 0 Å². The Balaban J connectivity index is 2.98. The molecule has 0 unspecified atom stereocenters. The number of benzene rings is 1. The Hall–Kier alpha value is -1.16. The summed E-state index contributed by atoms with van der Waals surface area (Å²) in [4.78, 5) is 10.7. The molecule has 88 valence electrons. The number of carbonyl (C=O) groups excluding carboxylic acids is 1. The molecule has 0 aromatic heterocycles. The molecule has 0 aliphatic rings. The first-order chi connectivity index (χ1) is 7.41. The van der Waals surface area contributed by atoms with Gasteiger partial charge in [0.15, 0.2) is 17.4 Å². The molecule has 0 radical (unpaired) electrons. The van der Waals surface area contributed by atoms with E-state index in [1.807, 2.05) is 13.8 Å². The Morgan fingerprint density at radius 3 is 2.25 bits per heavy atom. The minimum Gasteiger partial charge on any atom is -0.487 e. The van der Waals surface area contributed by atoms with Crippen molar-refractivity contribution in [1.82, 2.24) is 0 Å². The first-order valence-corrected chi connectivity index (χ1v) is 5.11. The van der Waals surface area contributed by atoms with Gasteiger partial charge >= 0.3 is 0 Å². The van der Waals surface area contributed by atoms with Gasteiger partial charge in [-0.3, -0.25) is 4.79 Å². The van der Waals surface area contributed by atoms with Gasteiger partial charge in [0.25, 0.3) is 5.24 Å². The molecule has 16 heavy (non-hydrogen) atoms. The summed E-state index contributed by atoms with van der Waals surface area (Å²) in [5.74, 6) is -2.18. The number of carbonyl (C=O) groups is 1. The van der Waals surface area contributed by atoms with Crippen molar-refractivity contribution in [2.24, 2.45) is 5.92 Å². The van der Waals surface area contributed by atoms with E-state index in [-0.39, 0.29) is 18.1 Å². The van der Waals surface area contributed by atoms with E-state index in [4.69, 9.17) is 16.3 Å². The van der Waals surface area contributed by atoms with Gasteiger partial charge in [-0.05, 0) is 29.7 Å². The summed E-state index contributed by atoms with van der Waals surface area (Å²) in [5.41, 5.74) is -0.228. The fraction of sp³-hybridized carbons (Fsp3) is 0.364. The summed E-state index contributed by atoms with van der Waals surface area (Å²) in [6.45, 7) is 3.90. The highest BCUT2D eigenvalue weighted by Crippen LogP contribution is 2.24. The molecule has 0 aliphatic heterocycles. The topological polar surface area (TPSA) is 26.3 Å². The van der Waals surface area contributed by atoms with Crippen LogP contribution in [-0.2, 0) is 0 Å². The van der Waals surface area contributed by atoms with Gasteiger partial charge in [-0.15, -0.1) is 0 Å². The highest BCUT2D eigenvalue weighted by molar-refractivity contribution is 6.67. The monoisotopic (exact) mass is 248 g/mol. The third-order valence-corrected chi connectivity index (χ3v) is 2.00.